The first-order valence-corrected chi connectivity index (χ1v) is 5.21. The number of hydrogen-bond acceptors (Lipinski definition) is 1. The molecule has 0 spiro atoms. The molecule has 1 aromatic rings. The van der Waals surface area contributed by atoms with Crippen LogP contribution in [-0.4, -0.2) is 12.8 Å². The van der Waals surface area contributed by atoms with Gasteiger partial charge >= 0.3 is 6.18 Å². The molecule has 0 aliphatic rings. The van der Waals surface area contributed by atoms with E-state index in [1.165, 1.54) is 12.1 Å². The van der Waals surface area contributed by atoms with Gasteiger partial charge in [0.25, 0.3) is 0 Å². The fraction of sp³-hybridized carbons (Fsp3) is 0.333. The van der Waals surface area contributed by atoms with E-state index in [4.69, 9.17) is 34.8 Å². The largest absolute Gasteiger partial charge is 0.411 e. The Morgan fingerprint density at radius 1 is 1.06 bits per heavy atom. The zero-order valence-electron chi connectivity index (χ0n) is 7.74. The van der Waals surface area contributed by atoms with E-state index in [2.05, 4.69) is 4.74 Å². The van der Waals surface area contributed by atoms with Crippen molar-refractivity contribution in [3.8, 4) is 0 Å². The molecule has 0 atom stereocenters. The molecule has 16 heavy (non-hydrogen) atoms. The van der Waals surface area contributed by atoms with E-state index in [-0.39, 0.29) is 22.2 Å². The van der Waals surface area contributed by atoms with Crippen LogP contribution < -0.4 is 0 Å². The number of benzene rings is 1. The highest BCUT2D eigenvalue weighted by molar-refractivity contribution is 6.39. The molecule has 0 aliphatic carbocycles. The summed E-state index contributed by atoms with van der Waals surface area (Å²) >= 11 is 17.1. The van der Waals surface area contributed by atoms with E-state index >= 15 is 0 Å². The first-order chi connectivity index (χ1) is 7.29. The molecule has 1 rings (SSSR count). The van der Waals surface area contributed by atoms with Crippen molar-refractivity contribution in [2.45, 2.75) is 12.8 Å². The number of rotatable bonds is 3. The van der Waals surface area contributed by atoms with Crippen LogP contribution in [-0.2, 0) is 11.3 Å². The molecule has 90 valence electrons. The van der Waals surface area contributed by atoms with Gasteiger partial charge in [-0.15, -0.1) is 0 Å². The Morgan fingerprint density at radius 2 is 1.56 bits per heavy atom. The van der Waals surface area contributed by atoms with E-state index in [1.807, 2.05) is 0 Å². The topological polar surface area (TPSA) is 9.23 Å². The molecule has 0 aromatic heterocycles. The molecule has 0 N–H and O–H groups in total. The maximum Gasteiger partial charge on any atom is 0.411 e. The van der Waals surface area contributed by atoms with Gasteiger partial charge in [-0.1, -0.05) is 34.8 Å². The predicted octanol–water partition coefficient (Wildman–Crippen LogP) is 4.73. The van der Waals surface area contributed by atoms with Crippen LogP contribution in [0.5, 0.6) is 0 Å². The van der Waals surface area contributed by atoms with Gasteiger partial charge in [-0.25, -0.2) is 0 Å². The molecule has 0 saturated carbocycles. The Kier molecular flexibility index (Phi) is 4.73. The summed E-state index contributed by atoms with van der Waals surface area (Å²) in [6.07, 6.45) is -4.37. The Morgan fingerprint density at radius 3 is 2.00 bits per heavy atom. The Labute approximate surface area is 105 Å². The Balaban J connectivity index is 2.68. The first-order valence-electron chi connectivity index (χ1n) is 4.07. The number of halogens is 6. The van der Waals surface area contributed by atoms with Gasteiger partial charge in [-0.05, 0) is 12.1 Å². The van der Waals surface area contributed by atoms with Crippen LogP contribution in [0.15, 0.2) is 12.1 Å². The standard InChI is InChI=1S/C9H6Cl3F3O/c10-5-1-7(11)6(8(12)2-5)3-16-4-9(13,14)15/h1-2H,3-4H2. The van der Waals surface area contributed by atoms with Gasteiger partial charge in [0.05, 0.1) is 6.61 Å². The van der Waals surface area contributed by atoms with E-state index in [0.717, 1.165) is 0 Å². The molecule has 0 fully saturated rings. The molecule has 0 radical (unpaired) electrons. The van der Waals surface area contributed by atoms with Crippen LogP contribution in [0, 0.1) is 0 Å². The number of ether oxygens (including phenoxy) is 1. The summed E-state index contributed by atoms with van der Waals surface area (Å²) in [5.74, 6) is 0. The fourth-order valence-corrected chi connectivity index (χ4v) is 1.90. The van der Waals surface area contributed by atoms with Crippen molar-refractivity contribution in [2.75, 3.05) is 6.61 Å². The lowest BCUT2D eigenvalue weighted by molar-refractivity contribution is -0.176. The minimum absolute atomic E-state index is 0.180. The molecule has 0 bridgehead atoms. The monoisotopic (exact) mass is 292 g/mol. The quantitative estimate of drug-likeness (QED) is 0.783. The lowest BCUT2D eigenvalue weighted by Gasteiger charge is -2.10. The van der Waals surface area contributed by atoms with Crippen molar-refractivity contribution in [1.29, 1.82) is 0 Å². The molecular weight excluding hydrogens is 287 g/mol. The van der Waals surface area contributed by atoms with Crippen LogP contribution in [0.1, 0.15) is 5.56 Å². The lowest BCUT2D eigenvalue weighted by atomic mass is 10.2. The zero-order valence-corrected chi connectivity index (χ0v) is 10.0. The highest BCUT2D eigenvalue weighted by atomic mass is 35.5. The first kappa shape index (κ1) is 13.9. The highest BCUT2D eigenvalue weighted by Gasteiger charge is 2.27. The third-order valence-corrected chi connectivity index (χ3v) is 2.51. The van der Waals surface area contributed by atoms with E-state index in [0.29, 0.717) is 5.02 Å². The van der Waals surface area contributed by atoms with E-state index in [9.17, 15) is 13.2 Å². The zero-order chi connectivity index (χ0) is 12.3. The van der Waals surface area contributed by atoms with Gasteiger partial charge in [-0.2, -0.15) is 13.2 Å². The SMILES string of the molecule is FC(F)(F)COCc1c(Cl)cc(Cl)cc1Cl. The molecule has 7 heteroatoms. The minimum atomic E-state index is -4.37. The second kappa shape index (κ2) is 5.45. The minimum Gasteiger partial charge on any atom is -0.367 e. The van der Waals surface area contributed by atoms with Crippen molar-refractivity contribution in [3.63, 3.8) is 0 Å². The summed E-state index contributed by atoms with van der Waals surface area (Å²) < 4.78 is 39.9. The maximum atomic E-state index is 11.8. The van der Waals surface area contributed by atoms with Gasteiger partial charge in [0.1, 0.15) is 6.61 Å². The van der Waals surface area contributed by atoms with Crippen molar-refractivity contribution >= 4 is 34.8 Å². The molecule has 0 heterocycles. The fourth-order valence-electron chi connectivity index (χ4n) is 0.979. The third-order valence-electron chi connectivity index (χ3n) is 1.62. The molecule has 0 saturated heterocycles. The highest BCUT2D eigenvalue weighted by Crippen LogP contribution is 2.29. The van der Waals surface area contributed by atoms with Crippen molar-refractivity contribution in [1.82, 2.24) is 0 Å². The van der Waals surface area contributed by atoms with Crippen LogP contribution in [0.25, 0.3) is 0 Å². The van der Waals surface area contributed by atoms with Gasteiger partial charge in [-0.3, -0.25) is 0 Å². The summed E-state index contributed by atoms with van der Waals surface area (Å²) in [5, 5.41) is 0.675. The second-order valence-electron chi connectivity index (χ2n) is 2.96. The van der Waals surface area contributed by atoms with Crippen molar-refractivity contribution in [2.24, 2.45) is 0 Å². The molecule has 1 aromatic carbocycles. The average Bonchev–Trinajstić information content (AvgIpc) is 2.07. The van der Waals surface area contributed by atoms with Gasteiger partial charge in [0.2, 0.25) is 0 Å². The van der Waals surface area contributed by atoms with Crippen molar-refractivity contribution in [3.05, 3.63) is 32.8 Å². The summed E-state index contributed by atoms with van der Waals surface area (Å²) in [6.45, 7) is -1.66. The summed E-state index contributed by atoms with van der Waals surface area (Å²) in [6, 6.07) is 2.78. The Bertz CT molecular complexity index is 356. The van der Waals surface area contributed by atoms with Crippen LogP contribution in [0.3, 0.4) is 0 Å². The maximum absolute atomic E-state index is 11.8. The number of hydrogen-bond donors (Lipinski definition) is 0. The average molecular weight is 293 g/mol. The summed E-state index contributed by atoms with van der Waals surface area (Å²) in [7, 11) is 0. The Hall–Kier alpha value is -0.160. The lowest BCUT2D eigenvalue weighted by Crippen LogP contribution is -2.16. The van der Waals surface area contributed by atoms with Crippen molar-refractivity contribution < 1.29 is 17.9 Å². The van der Waals surface area contributed by atoms with Gasteiger partial charge in [0, 0.05) is 20.6 Å². The van der Waals surface area contributed by atoms with Gasteiger partial charge in [0.15, 0.2) is 0 Å². The molecule has 0 aliphatic heterocycles. The van der Waals surface area contributed by atoms with E-state index < -0.39 is 12.8 Å². The van der Waals surface area contributed by atoms with Crippen LogP contribution in [0.4, 0.5) is 13.2 Å². The normalized spacial score (nSPS) is 11.9. The molecule has 0 amide bonds. The van der Waals surface area contributed by atoms with Crippen LogP contribution in [0.2, 0.25) is 15.1 Å². The van der Waals surface area contributed by atoms with Crippen LogP contribution >= 0.6 is 34.8 Å². The molecular formula is C9H6Cl3F3O. The van der Waals surface area contributed by atoms with Gasteiger partial charge < -0.3 is 4.74 Å². The smallest absolute Gasteiger partial charge is 0.367 e. The second-order valence-corrected chi connectivity index (χ2v) is 4.21. The summed E-state index contributed by atoms with van der Waals surface area (Å²) in [4.78, 5) is 0. The molecule has 0 unspecified atom stereocenters. The number of alkyl halides is 3. The predicted molar refractivity (Wildman–Crippen MR) is 57.2 cm³/mol. The summed E-state index contributed by atoms with van der Waals surface area (Å²) in [5.41, 5.74) is 0.289. The third kappa shape index (κ3) is 4.37. The molecule has 1 nitrogen and oxygen atoms in total. The van der Waals surface area contributed by atoms with E-state index in [1.54, 1.807) is 0 Å².